The van der Waals surface area contributed by atoms with Gasteiger partial charge in [0.25, 0.3) is 0 Å². The van der Waals surface area contributed by atoms with Gasteiger partial charge in [0.2, 0.25) is 0 Å². The van der Waals surface area contributed by atoms with Crippen molar-refractivity contribution in [2.45, 2.75) is 19.4 Å². The number of rotatable bonds is 7. The average Bonchev–Trinajstić information content (AvgIpc) is 2.49. The zero-order chi connectivity index (χ0) is 14.2. The summed E-state index contributed by atoms with van der Waals surface area (Å²) in [5, 5.41) is 0. The summed E-state index contributed by atoms with van der Waals surface area (Å²) in [5.41, 5.74) is 6.77. The number of hydrogen-bond donors (Lipinski definition) is 1. The second-order valence-corrected chi connectivity index (χ2v) is 5.48. The van der Waals surface area contributed by atoms with Gasteiger partial charge in [0.15, 0.2) is 0 Å². The Morgan fingerprint density at radius 1 is 1.30 bits per heavy atom. The van der Waals surface area contributed by atoms with E-state index in [0.29, 0.717) is 13.2 Å². The molecule has 0 amide bonds. The molecule has 112 valence electrons. The van der Waals surface area contributed by atoms with E-state index in [0.717, 1.165) is 43.5 Å². The van der Waals surface area contributed by atoms with Gasteiger partial charge in [-0.05, 0) is 31.9 Å². The van der Waals surface area contributed by atoms with Crippen LogP contribution in [0.1, 0.15) is 18.4 Å². The van der Waals surface area contributed by atoms with Gasteiger partial charge in [-0.2, -0.15) is 0 Å². The second-order valence-electron chi connectivity index (χ2n) is 5.48. The summed E-state index contributed by atoms with van der Waals surface area (Å²) < 4.78 is 11.2. The first-order valence-corrected chi connectivity index (χ1v) is 7.46. The van der Waals surface area contributed by atoms with Crippen molar-refractivity contribution >= 4 is 0 Å². The summed E-state index contributed by atoms with van der Waals surface area (Å²) in [5.74, 6) is 1.68. The first kappa shape index (κ1) is 15.3. The lowest BCUT2D eigenvalue weighted by molar-refractivity contribution is 0.0543. The first-order valence-electron chi connectivity index (χ1n) is 7.46. The lowest BCUT2D eigenvalue weighted by atomic mass is 10.00. The third kappa shape index (κ3) is 4.78. The molecule has 0 bridgehead atoms. The lowest BCUT2D eigenvalue weighted by Gasteiger charge is -2.27. The minimum atomic E-state index is 0.522. The number of benzene rings is 1. The summed E-state index contributed by atoms with van der Waals surface area (Å²) in [7, 11) is 2.16. The molecule has 1 heterocycles. The van der Waals surface area contributed by atoms with Crippen molar-refractivity contribution in [1.82, 2.24) is 4.90 Å². The van der Waals surface area contributed by atoms with Crippen molar-refractivity contribution in [2.75, 3.05) is 40.0 Å². The fourth-order valence-electron chi connectivity index (χ4n) is 2.59. The van der Waals surface area contributed by atoms with Crippen LogP contribution in [-0.2, 0) is 11.3 Å². The van der Waals surface area contributed by atoms with E-state index >= 15 is 0 Å². The predicted octanol–water partition coefficient (Wildman–Crippen LogP) is 1.88. The summed E-state index contributed by atoms with van der Waals surface area (Å²) >= 11 is 0. The quantitative estimate of drug-likeness (QED) is 0.827. The molecule has 0 aliphatic carbocycles. The molecule has 20 heavy (non-hydrogen) atoms. The molecule has 0 saturated carbocycles. The molecule has 1 aromatic carbocycles. The molecular formula is C16H26N2O2. The number of nitrogens with zero attached hydrogens (tertiary/aromatic N) is 1. The maximum Gasteiger partial charge on any atom is 0.123 e. The van der Waals surface area contributed by atoms with Gasteiger partial charge in [0.05, 0.1) is 0 Å². The Hall–Kier alpha value is -1.10. The summed E-state index contributed by atoms with van der Waals surface area (Å²) in [6.07, 6.45) is 2.36. The fraction of sp³-hybridized carbons (Fsp3) is 0.625. The standard InChI is InChI=1S/C16H26N2O2/c1-18(13-14-6-9-19-10-7-14)8-11-20-16-5-3-2-4-15(16)12-17/h2-5,14H,6-13,17H2,1H3. The molecule has 2 rings (SSSR count). The number of nitrogens with two attached hydrogens (primary N) is 1. The number of likely N-dealkylation sites (N-methyl/N-ethyl adjacent to an activating group) is 1. The molecule has 2 N–H and O–H groups in total. The van der Waals surface area contributed by atoms with Crippen LogP contribution in [0.2, 0.25) is 0 Å². The van der Waals surface area contributed by atoms with Crippen LogP contribution < -0.4 is 10.5 Å². The second kappa shape index (κ2) is 8.25. The van der Waals surface area contributed by atoms with Gasteiger partial charge in [-0.3, -0.25) is 0 Å². The molecule has 4 nitrogen and oxygen atoms in total. The van der Waals surface area contributed by atoms with Crippen LogP contribution in [0.3, 0.4) is 0 Å². The van der Waals surface area contributed by atoms with E-state index in [9.17, 15) is 0 Å². The van der Waals surface area contributed by atoms with Crippen LogP contribution in [0.15, 0.2) is 24.3 Å². The SMILES string of the molecule is CN(CCOc1ccccc1CN)CC1CCOCC1. The summed E-state index contributed by atoms with van der Waals surface area (Å²) in [6, 6.07) is 7.98. The Bertz CT molecular complexity index is 392. The minimum Gasteiger partial charge on any atom is -0.492 e. The van der Waals surface area contributed by atoms with Crippen molar-refractivity contribution in [2.24, 2.45) is 11.7 Å². The molecule has 0 unspecified atom stereocenters. The summed E-state index contributed by atoms with van der Waals surface area (Å²) in [4.78, 5) is 2.35. The molecule has 1 saturated heterocycles. The third-order valence-electron chi connectivity index (χ3n) is 3.83. The Balaban J connectivity index is 1.69. The van der Waals surface area contributed by atoms with Gasteiger partial charge in [0, 0.05) is 38.4 Å². The molecule has 1 aliphatic heterocycles. The molecular weight excluding hydrogens is 252 g/mol. The monoisotopic (exact) mass is 278 g/mol. The molecule has 0 radical (unpaired) electrons. The Kier molecular flexibility index (Phi) is 6.30. The van der Waals surface area contributed by atoms with Crippen molar-refractivity contribution in [3.05, 3.63) is 29.8 Å². The molecule has 0 aromatic heterocycles. The van der Waals surface area contributed by atoms with Crippen LogP contribution in [0.5, 0.6) is 5.75 Å². The molecule has 0 spiro atoms. The van der Waals surface area contributed by atoms with E-state index in [2.05, 4.69) is 11.9 Å². The average molecular weight is 278 g/mol. The smallest absolute Gasteiger partial charge is 0.123 e. The van der Waals surface area contributed by atoms with Crippen LogP contribution in [0, 0.1) is 5.92 Å². The number of hydrogen-bond acceptors (Lipinski definition) is 4. The zero-order valence-electron chi connectivity index (χ0n) is 12.4. The van der Waals surface area contributed by atoms with E-state index in [1.54, 1.807) is 0 Å². The zero-order valence-corrected chi connectivity index (χ0v) is 12.4. The van der Waals surface area contributed by atoms with E-state index in [1.807, 2.05) is 24.3 Å². The van der Waals surface area contributed by atoms with Gasteiger partial charge in [-0.15, -0.1) is 0 Å². The molecule has 4 heteroatoms. The largest absolute Gasteiger partial charge is 0.492 e. The highest BCUT2D eigenvalue weighted by Crippen LogP contribution is 2.17. The van der Waals surface area contributed by atoms with Crippen LogP contribution in [0.25, 0.3) is 0 Å². The van der Waals surface area contributed by atoms with Crippen molar-refractivity contribution < 1.29 is 9.47 Å². The number of para-hydroxylation sites is 1. The maximum atomic E-state index is 5.84. The van der Waals surface area contributed by atoms with Crippen molar-refractivity contribution in [1.29, 1.82) is 0 Å². The van der Waals surface area contributed by atoms with E-state index in [-0.39, 0.29) is 0 Å². The topological polar surface area (TPSA) is 47.7 Å². The van der Waals surface area contributed by atoms with Gasteiger partial charge in [-0.25, -0.2) is 0 Å². The number of ether oxygens (including phenoxy) is 2. The minimum absolute atomic E-state index is 0.522. The summed E-state index contributed by atoms with van der Waals surface area (Å²) in [6.45, 7) is 5.13. The lowest BCUT2D eigenvalue weighted by Crippen LogP contribution is -2.32. The highest BCUT2D eigenvalue weighted by atomic mass is 16.5. The Morgan fingerprint density at radius 3 is 2.80 bits per heavy atom. The van der Waals surface area contributed by atoms with Gasteiger partial charge < -0.3 is 20.1 Å². The van der Waals surface area contributed by atoms with Gasteiger partial charge in [-0.1, -0.05) is 18.2 Å². The Morgan fingerprint density at radius 2 is 2.05 bits per heavy atom. The van der Waals surface area contributed by atoms with E-state index in [1.165, 1.54) is 12.8 Å². The molecule has 0 atom stereocenters. The van der Waals surface area contributed by atoms with E-state index < -0.39 is 0 Å². The normalized spacial score (nSPS) is 16.6. The molecule has 1 aliphatic rings. The van der Waals surface area contributed by atoms with Crippen molar-refractivity contribution in [3.8, 4) is 5.75 Å². The molecule has 1 fully saturated rings. The first-order chi connectivity index (χ1) is 9.79. The van der Waals surface area contributed by atoms with Gasteiger partial charge in [0.1, 0.15) is 12.4 Å². The highest BCUT2D eigenvalue weighted by molar-refractivity contribution is 5.32. The van der Waals surface area contributed by atoms with E-state index in [4.69, 9.17) is 15.2 Å². The van der Waals surface area contributed by atoms with Crippen LogP contribution in [-0.4, -0.2) is 44.9 Å². The predicted molar refractivity (Wildman–Crippen MR) is 80.9 cm³/mol. The maximum absolute atomic E-state index is 5.84. The molecule has 1 aromatic rings. The highest BCUT2D eigenvalue weighted by Gasteiger charge is 2.15. The van der Waals surface area contributed by atoms with Crippen LogP contribution >= 0.6 is 0 Å². The van der Waals surface area contributed by atoms with Crippen LogP contribution in [0.4, 0.5) is 0 Å². The van der Waals surface area contributed by atoms with Crippen molar-refractivity contribution in [3.63, 3.8) is 0 Å². The fourth-order valence-corrected chi connectivity index (χ4v) is 2.59. The van der Waals surface area contributed by atoms with Gasteiger partial charge >= 0.3 is 0 Å². The Labute approximate surface area is 121 Å². The third-order valence-corrected chi connectivity index (χ3v) is 3.83.